The summed E-state index contributed by atoms with van der Waals surface area (Å²) in [4.78, 5) is 18.0. The van der Waals surface area contributed by atoms with Gasteiger partial charge in [0, 0.05) is 13.8 Å². The van der Waals surface area contributed by atoms with Crippen LogP contribution in [0.4, 0.5) is 0 Å². The molecule has 5 N–H and O–H groups in total. The molecule has 0 amide bonds. The molecule has 0 saturated carbocycles. The fourth-order valence-corrected chi connectivity index (χ4v) is 0. The van der Waals surface area contributed by atoms with Crippen molar-refractivity contribution < 1.29 is 24.9 Å². The number of nitrogens with two attached hydrogens (primary N) is 1. The van der Waals surface area contributed by atoms with Crippen LogP contribution in [0, 0.1) is 0 Å². The summed E-state index contributed by atoms with van der Waals surface area (Å²) < 4.78 is 0. The van der Waals surface area contributed by atoms with Gasteiger partial charge in [-0.2, -0.15) is 0 Å². The lowest BCUT2D eigenvalue weighted by Gasteiger charge is -1.82. The maximum atomic E-state index is 9.00. The third kappa shape index (κ3) is 421. The van der Waals surface area contributed by atoms with Crippen molar-refractivity contribution in [2.75, 3.05) is 0 Å². The summed E-state index contributed by atoms with van der Waals surface area (Å²) in [6.07, 6.45) is -0.667. The summed E-state index contributed by atoms with van der Waals surface area (Å²) in [6.45, 7) is 3.67. The van der Waals surface area contributed by atoms with Gasteiger partial charge in [-0.3, -0.25) is 9.59 Å². The normalized spacial score (nSPS) is 9.42. The minimum atomic E-state index is -0.833. The second-order valence-electron chi connectivity index (χ2n) is 1.78. The van der Waals surface area contributed by atoms with Crippen molar-refractivity contribution in [1.29, 1.82) is 0 Å². The highest BCUT2D eigenvalue weighted by molar-refractivity contribution is 5.63. The van der Waals surface area contributed by atoms with Crippen molar-refractivity contribution >= 4 is 11.9 Å². The molecule has 0 radical (unpaired) electrons. The molecule has 0 spiro atoms. The van der Waals surface area contributed by atoms with Crippen molar-refractivity contribution in [3.8, 4) is 0 Å². The molecule has 0 aromatic rings. The van der Waals surface area contributed by atoms with Crippen LogP contribution in [0.25, 0.3) is 0 Å². The summed E-state index contributed by atoms with van der Waals surface area (Å²) in [7, 11) is 0. The number of hydrogen-bond donors (Lipinski definition) is 4. The van der Waals surface area contributed by atoms with E-state index in [0.717, 1.165) is 13.8 Å². The monoisotopic (exact) mass is 181 g/mol. The minimum Gasteiger partial charge on any atom is -0.481 e. The first-order valence-electron chi connectivity index (χ1n) is 3.02. The van der Waals surface area contributed by atoms with Gasteiger partial charge in [-0.15, -0.1) is 0 Å². The first kappa shape index (κ1) is 17.1. The Hall–Kier alpha value is -1.14. The van der Waals surface area contributed by atoms with Crippen molar-refractivity contribution in [3.63, 3.8) is 0 Å². The van der Waals surface area contributed by atoms with Crippen LogP contribution in [-0.2, 0) is 9.59 Å². The third-order valence-corrected chi connectivity index (χ3v) is 0. The Morgan fingerprint density at radius 2 is 1.17 bits per heavy atom. The smallest absolute Gasteiger partial charge is 0.300 e. The maximum Gasteiger partial charge on any atom is 0.300 e. The molecule has 12 heavy (non-hydrogen) atoms. The number of carboxylic acids is 2. The zero-order valence-corrected chi connectivity index (χ0v) is 7.31. The van der Waals surface area contributed by atoms with E-state index < -0.39 is 18.2 Å². The number of rotatable bonds is 0. The second kappa shape index (κ2) is 12.5. The Labute approximate surface area is 70.6 Å². The lowest BCUT2D eigenvalue weighted by atomic mass is 10.7. The van der Waals surface area contributed by atoms with Crippen molar-refractivity contribution in [1.82, 2.24) is 0 Å². The van der Waals surface area contributed by atoms with E-state index in [1.54, 1.807) is 0 Å². The molecule has 0 bridgehead atoms. The zero-order valence-electron chi connectivity index (χ0n) is 7.31. The summed E-state index contributed by atoms with van der Waals surface area (Å²) >= 11 is 0. The quantitative estimate of drug-likeness (QED) is 0.372. The zero-order chi connectivity index (χ0) is 10.7. The van der Waals surface area contributed by atoms with Gasteiger partial charge in [-0.25, -0.2) is 0 Å². The van der Waals surface area contributed by atoms with Crippen LogP contribution in [0.2, 0.25) is 0 Å². The van der Waals surface area contributed by atoms with Gasteiger partial charge in [0.05, 0.1) is 6.23 Å². The first-order valence-corrected chi connectivity index (χ1v) is 3.02. The summed E-state index contributed by atoms with van der Waals surface area (Å²) in [6, 6.07) is 0. The Balaban J connectivity index is -0.000000101. The number of aliphatic hydroxyl groups is 1. The molecule has 1 atom stereocenters. The van der Waals surface area contributed by atoms with E-state index in [1.807, 2.05) is 0 Å². The average Bonchev–Trinajstić information content (AvgIpc) is 1.54. The van der Waals surface area contributed by atoms with Gasteiger partial charge in [0.2, 0.25) is 0 Å². The van der Waals surface area contributed by atoms with Crippen molar-refractivity contribution in [2.24, 2.45) is 5.73 Å². The summed E-state index contributed by atoms with van der Waals surface area (Å²) in [5.41, 5.74) is 4.67. The van der Waals surface area contributed by atoms with Gasteiger partial charge in [-0.05, 0) is 6.92 Å². The molecule has 0 aliphatic heterocycles. The number of carboxylic acid groups (broad SMARTS) is 2. The van der Waals surface area contributed by atoms with E-state index >= 15 is 0 Å². The lowest BCUT2D eigenvalue weighted by Crippen LogP contribution is -2.11. The largest absolute Gasteiger partial charge is 0.481 e. The molecule has 6 nitrogen and oxygen atoms in total. The van der Waals surface area contributed by atoms with Gasteiger partial charge in [-0.1, -0.05) is 0 Å². The Bertz CT molecular complexity index is 100. The van der Waals surface area contributed by atoms with Crippen LogP contribution in [0.1, 0.15) is 20.8 Å². The number of aliphatic carboxylic acids is 2. The molecule has 0 saturated heterocycles. The molecule has 0 aliphatic carbocycles. The molecular weight excluding hydrogens is 166 g/mol. The van der Waals surface area contributed by atoms with Crippen LogP contribution >= 0.6 is 0 Å². The first-order chi connectivity index (χ1) is 5.20. The van der Waals surface area contributed by atoms with Gasteiger partial charge in [0.1, 0.15) is 0 Å². The van der Waals surface area contributed by atoms with E-state index in [-0.39, 0.29) is 0 Å². The van der Waals surface area contributed by atoms with Crippen LogP contribution in [-0.4, -0.2) is 33.5 Å². The Morgan fingerprint density at radius 1 is 1.17 bits per heavy atom. The van der Waals surface area contributed by atoms with Crippen LogP contribution in [0.3, 0.4) is 0 Å². The lowest BCUT2D eigenvalue weighted by molar-refractivity contribution is -0.135. The average molecular weight is 181 g/mol. The highest BCUT2D eigenvalue weighted by atomic mass is 16.4. The van der Waals surface area contributed by atoms with E-state index in [4.69, 9.17) is 24.9 Å². The molecule has 1 unspecified atom stereocenters. The fourth-order valence-electron chi connectivity index (χ4n) is 0. The van der Waals surface area contributed by atoms with Gasteiger partial charge >= 0.3 is 0 Å². The van der Waals surface area contributed by atoms with Crippen molar-refractivity contribution in [3.05, 3.63) is 0 Å². The molecule has 6 heteroatoms. The Morgan fingerprint density at radius 3 is 1.17 bits per heavy atom. The van der Waals surface area contributed by atoms with E-state index in [0.29, 0.717) is 0 Å². The third-order valence-electron chi connectivity index (χ3n) is 0. The number of carbonyl (C=O) groups is 2. The van der Waals surface area contributed by atoms with Gasteiger partial charge in [0.15, 0.2) is 0 Å². The molecule has 0 aromatic heterocycles. The van der Waals surface area contributed by atoms with Crippen LogP contribution < -0.4 is 5.73 Å². The topological polar surface area (TPSA) is 121 Å². The second-order valence-corrected chi connectivity index (χ2v) is 1.78. The molecule has 74 valence electrons. The number of hydrogen-bond acceptors (Lipinski definition) is 4. The molecule has 0 heterocycles. The molecule has 0 aliphatic rings. The standard InChI is InChI=1S/C2H7NO.2C2H4O2/c3*1-2(3)4/h2,4H,3H2,1H3;2*1H3,(H,3,4). The molecule has 0 fully saturated rings. The SMILES string of the molecule is CC(=O)O.CC(=O)O.CC(N)O. The van der Waals surface area contributed by atoms with Gasteiger partial charge in [0.25, 0.3) is 11.9 Å². The predicted octanol–water partition coefficient (Wildman–Crippen LogP) is -0.535. The fraction of sp³-hybridized carbons (Fsp3) is 0.667. The number of aliphatic hydroxyl groups excluding tert-OH is 1. The maximum absolute atomic E-state index is 9.00. The highest BCUT2D eigenvalue weighted by Crippen LogP contribution is 1.50. The highest BCUT2D eigenvalue weighted by Gasteiger charge is 1.68. The van der Waals surface area contributed by atoms with E-state index in [2.05, 4.69) is 5.73 Å². The van der Waals surface area contributed by atoms with Crippen molar-refractivity contribution in [2.45, 2.75) is 27.0 Å². The van der Waals surface area contributed by atoms with Gasteiger partial charge < -0.3 is 21.1 Å². The van der Waals surface area contributed by atoms with E-state index in [9.17, 15) is 0 Å². The van der Waals surface area contributed by atoms with Crippen LogP contribution in [0.15, 0.2) is 0 Å². The molecular formula is C6H15NO5. The summed E-state index contributed by atoms with van der Waals surface area (Å²) in [5.74, 6) is -1.67. The predicted molar refractivity (Wildman–Crippen MR) is 42.5 cm³/mol. The Kier molecular flexibility index (Phi) is 17.8. The molecule has 0 aromatic carbocycles. The van der Waals surface area contributed by atoms with E-state index in [1.165, 1.54) is 6.92 Å². The minimum absolute atomic E-state index is 0.667. The molecule has 0 rings (SSSR count). The summed E-state index contributed by atoms with van der Waals surface area (Å²) in [5, 5.41) is 22.7. The van der Waals surface area contributed by atoms with Crippen LogP contribution in [0.5, 0.6) is 0 Å².